The molecule has 0 aromatic rings. The summed E-state index contributed by atoms with van der Waals surface area (Å²) in [6, 6.07) is 0. The van der Waals surface area contributed by atoms with Crippen molar-refractivity contribution in [2.75, 3.05) is 51.5 Å². The van der Waals surface area contributed by atoms with E-state index in [0.29, 0.717) is 26.4 Å². The predicted octanol–water partition coefficient (Wildman–Crippen LogP) is 2.69. The summed E-state index contributed by atoms with van der Waals surface area (Å²) in [6.45, 7) is 6.12. The molecule has 0 amide bonds. The molecule has 0 radical (unpaired) electrons. The Morgan fingerprint density at radius 3 is 2.52 bits per heavy atom. The summed E-state index contributed by atoms with van der Waals surface area (Å²) in [5.41, 5.74) is 0. The average molecular weight is 322 g/mol. The third-order valence-corrected chi connectivity index (χ3v) is 3.85. The highest BCUT2D eigenvalue weighted by Crippen LogP contribution is 2.03. The van der Waals surface area contributed by atoms with Crippen molar-refractivity contribution >= 4 is 11.8 Å². The van der Waals surface area contributed by atoms with E-state index in [1.165, 1.54) is 31.4 Å². The number of ether oxygens (including phenoxy) is 2. The van der Waals surface area contributed by atoms with Crippen LogP contribution >= 0.6 is 11.8 Å². The Morgan fingerprint density at radius 2 is 1.76 bits per heavy atom. The lowest BCUT2D eigenvalue weighted by atomic mass is 10.2. The fourth-order valence-corrected chi connectivity index (χ4v) is 2.36. The van der Waals surface area contributed by atoms with Crippen LogP contribution in [-0.4, -0.2) is 62.7 Å². The minimum absolute atomic E-state index is 0.387. The molecule has 0 bridgehead atoms. The van der Waals surface area contributed by atoms with E-state index in [1.807, 2.05) is 11.8 Å². The lowest BCUT2D eigenvalue weighted by molar-refractivity contribution is 0.00397. The second-order valence-corrected chi connectivity index (χ2v) is 6.29. The maximum atomic E-state index is 9.73. The van der Waals surface area contributed by atoms with Gasteiger partial charge in [0.2, 0.25) is 0 Å². The van der Waals surface area contributed by atoms with Crippen LogP contribution < -0.4 is 5.32 Å². The fourth-order valence-electron chi connectivity index (χ4n) is 1.86. The fraction of sp³-hybridized carbons (Fsp3) is 1.00. The minimum Gasteiger partial charge on any atom is -0.389 e. The monoisotopic (exact) mass is 321 g/mol. The largest absolute Gasteiger partial charge is 0.389 e. The van der Waals surface area contributed by atoms with Gasteiger partial charge in [0, 0.05) is 13.2 Å². The molecule has 0 rings (SSSR count). The van der Waals surface area contributed by atoms with Gasteiger partial charge in [0.05, 0.1) is 25.9 Å². The zero-order valence-corrected chi connectivity index (χ0v) is 14.8. The number of hydrogen-bond donors (Lipinski definition) is 2. The third-order valence-electron chi connectivity index (χ3n) is 3.16. The molecule has 0 aromatic carbocycles. The summed E-state index contributed by atoms with van der Waals surface area (Å²) in [5.74, 6) is 1.27. The van der Waals surface area contributed by atoms with E-state index < -0.39 is 6.10 Å². The number of unbranched alkanes of at least 4 members (excludes halogenated alkanes) is 4. The van der Waals surface area contributed by atoms with Crippen LogP contribution in [0.25, 0.3) is 0 Å². The molecule has 2 N–H and O–H groups in total. The SMILES string of the molecule is CCCCOCCOCC(O)CNCCCCCCSC. The van der Waals surface area contributed by atoms with Gasteiger partial charge >= 0.3 is 0 Å². The van der Waals surface area contributed by atoms with Crippen molar-refractivity contribution in [1.29, 1.82) is 0 Å². The number of aliphatic hydroxyl groups is 1. The lowest BCUT2D eigenvalue weighted by Crippen LogP contribution is -2.31. The maximum absolute atomic E-state index is 9.73. The maximum Gasteiger partial charge on any atom is 0.0897 e. The molecule has 0 saturated heterocycles. The number of rotatable bonds is 17. The van der Waals surface area contributed by atoms with Crippen LogP contribution in [0.5, 0.6) is 0 Å². The zero-order chi connectivity index (χ0) is 15.6. The van der Waals surface area contributed by atoms with Gasteiger partial charge in [-0.25, -0.2) is 0 Å². The van der Waals surface area contributed by atoms with E-state index in [4.69, 9.17) is 9.47 Å². The van der Waals surface area contributed by atoms with Crippen molar-refractivity contribution in [3.63, 3.8) is 0 Å². The minimum atomic E-state index is -0.419. The van der Waals surface area contributed by atoms with E-state index >= 15 is 0 Å². The second-order valence-electron chi connectivity index (χ2n) is 5.31. The average Bonchev–Trinajstić information content (AvgIpc) is 2.49. The highest BCUT2D eigenvalue weighted by Gasteiger charge is 2.03. The Bertz CT molecular complexity index is 196. The first-order chi connectivity index (χ1) is 10.3. The van der Waals surface area contributed by atoms with E-state index in [9.17, 15) is 5.11 Å². The van der Waals surface area contributed by atoms with Crippen molar-refractivity contribution in [3.8, 4) is 0 Å². The quantitative estimate of drug-likeness (QED) is 0.403. The van der Waals surface area contributed by atoms with Gasteiger partial charge in [-0.2, -0.15) is 11.8 Å². The Hall–Kier alpha value is 0.190. The van der Waals surface area contributed by atoms with Gasteiger partial charge in [0.15, 0.2) is 0 Å². The van der Waals surface area contributed by atoms with Crippen LogP contribution in [-0.2, 0) is 9.47 Å². The Labute approximate surface area is 135 Å². The number of aliphatic hydroxyl groups excluding tert-OH is 1. The molecule has 1 unspecified atom stereocenters. The normalized spacial score (nSPS) is 12.7. The molecule has 0 aliphatic rings. The van der Waals surface area contributed by atoms with Gasteiger partial charge in [0.1, 0.15) is 0 Å². The van der Waals surface area contributed by atoms with E-state index in [-0.39, 0.29) is 0 Å². The Morgan fingerprint density at radius 1 is 1.00 bits per heavy atom. The molecule has 4 nitrogen and oxygen atoms in total. The molecule has 5 heteroatoms. The summed E-state index contributed by atoms with van der Waals surface area (Å²) in [6.07, 6.45) is 9.08. The molecule has 0 saturated carbocycles. The van der Waals surface area contributed by atoms with Gasteiger partial charge in [-0.15, -0.1) is 0 Å². The van der Waals surface area contributed by atoms with Crippen LogP contribution in [0.1, 0.15) is 45.4 Å². The molecule has 0 fully saturated rings. The number of thioether (sulfide) groups is 1. The van der Waals surface area contributed by atoms with Crippen LogP contribution in [0.4, 0.5) is 0 Å². The zero-order valence-electron chi connectivity index (χ0n) is 13.9. The van der Waals surface area contributed by atoms with Gasteiger partial charge < -0.3 is 19.9 Å². The Balaban J connectivity index is 3.11. The first kappa shape index (κ1) is 21.2. The van der Waals surface area contributed by atoms with Gasteiger partial charge in [-0.3, -0.25) is 0 Å². The lowest BCUT2D eigenvalue weighted by Gasteiger charge is -2.12. The number of hydrogen-bond acceptors (Lipinski definition) is 5. The van der Waals surface area contributed by atoms with Crippen molar-refractivity contribution in [3.05, 3.63) is 0 Å². The summed E-state index contributed by atoms with van der Waals surface area (Å²) < 4.78 is 10.8. The summed E-state index contributed by atoms with van der Waals surface area (Å²) >= 11 is 1.92. The summed E-state index contributed by atoms with van der Waals surface area (Å²) in [7, 11) is 0. The molecular weight excluding hydrogens is 286 g/mol. The molecule has 0 aliphatic heterocycles. The standard InChI is InChI=1S/C16H35NO3S/c1-3-4-10-19-11-12-20-15-16(18)14-17-9-7-5-6-8-13-21-2/h16-18H,3-15H2,1-2H3. The molecule has 21 heavy (non-hydrogen) atoms. The third kappa shape index (κ3) is 18.1. The topological polar surface area (TPSA) is 50.7 Å². The van der Waals surface area contributed by atoms with Gasteiger partial charge in [-0.1, -0.05) is 26.2 Å². The first-order valence-corrected chi connectivity index (χ1v) is 9.73. The van der Waals surface area contributed by atoms with Crippen molar-refractivity contribution in [2.45, 2.75) is 51.6 Å². The highest BCUT2D eigenvalue weighted by atomic mass is 32.2. The Kier molecular flexibility index (Phi) is 18.4. The molecule has 0 heterocycles. The predicted molar refractivity (Wildman–Crippen MR) is 92.3 cm³/mol. The summed E-state index contributed by atoms with van der Waals surface area (Å²) in [5, 5.41) is 13.0. The van der Waals surface area contributed by atoms with Crippen LogP contribution in [0.15, 0.2) is 0 Å². The molecule has 0 spiro atoms. The smallest absolute Gasteiger partial charge is 0.0897 e. The molecule has 0 aromatic heterocycles. The molecule has 0 aliphatic carbocycles. The molecular formula is C16H35NO3S. The highest BCUT2D eigenvalue weighted by molar-refractivity contribution is 7.98. The van der Waals surface area contributed by atoms with Crippen molar-refractivity contribution < 1.29 is 14.6 Å². The van der Waals surface area contributed by atoms with E-state index in [1.54, 1.807) is 0 Å². The van der Waals surface area contributed by atoms with Crippen LogP contribution in [0, 0.1) is 0 Å². The second kappa shape index (κ2) is 18.2. The number of nitrogens with one attached hydrogen (secondary N) is 1. The van der Waals surface area contributed by atoms with Gasteiger partial charge in [0.25, 0.3) is 0 Å². The van der Waals surface area contributed by atoms with E-state index in [2.05, 4.69) is 18.5 Å². The van der Waals surface area contributed by atoms with Crippen LogP contribution in [0.2, 0.25) is 0 Å². The van der Waals surface area contributed by atoms with Crippen LogP contribution in [0.3, 0.4) is 0 Å². The van der Waals surface area contributed by atoms with E-state index in [0.717, 1.165) is 26.0 Å². The molecule has 1 atom stereocenters. The summed E-state index contributed by atoms with van der Waals surface area (Å²) in [4.78, 5) is 0. The van der Waals surface area contributed by atoms with Crippen molar-refractivity contribution in [1.82, 2.24) is 5.32 Å². The van der Waals surface area contributed by atoms with Gasteiger partial charge in [-0.05, 0) is 37.8 Å². The molecule has 128 valence electrons. The first-order valence-electron chi connectivity index (χ1n) is 8.34. The van der Waals surface area contributed by atoms with Crippen molar-refractivity contribution in [2.24, 2.45) is 0 Å².